The quantitative estimate of drug-likeness (QED) is 0.443. The average molecular weight is 412 g/mol. The average Bonchev–Trinajstić information content (AvgIpc) is 2.82. The molecule has 2 N–H and O–H groups in total. The molecule has 0 saturated carbocycles. The van der Waals surface area contributed by atoms with E-state index < -0.39 is 11.8 Å². The van der Waals surface area contributed by atoms with Crippen LogP contribution >= 0.6 is 0 Å². The Kier molecular flexibility index (Phi) is 6.13. The lowest BCUT2D eigenvalue weighted by Gasteiger charge is -2.32. The number of phenols is 1. The molecular formula is C26H24N2O3. The zero-order valence-electron chi connectivity index (χ0n) is 17.0. The molecule has 0 aliphatic heterocycles. The number of rotatable bonds is 5. The first-order valence-corrected chi connectivity index (χ1v) is 10.3. The van der Waals surface area contributed by atoms with Crippen LogP contribution in [0.4, 0.5) is 17.1 Å². The van der Waals surface area contributed by atoms with Gasteiger partial charge in [0, 0.05) is 17.1 Å². The lowest BCUT2D eigenvalue weighted by molar-refractivity contribution is -0.130. The molecule has 0 saturated heterocycles. The maximum Gasteiger partial charge on any atom is 0.235 e. The second-order valence-electron chi connectivity index (χ2n) is 7.54. The Morgan fingerprint density at radius 1 is 0.742 bits per heavy atom. The van der Waals surface area contributed by atoms with E-state index in [9.17, 15) is 14.7 Å². The molecule has 2 unspecified atom stereocenters. The molecule has 3 aromatic carbocycles. The van der Waals surface area contributed by atoms with Crippen LogP contribution in [0, 0.1) is 11.8 Å². The lowest BCUT2D eigenvalue weighted by Crippen LogP contribution is -2.41. The molecule has 0 radical (unpaired) electrons. The second-order valence-corrected chi connectivity index (χ2v) is 7.54. The molecule has 156 valence electrons. The van der Waals surface area contributed by atoms with Crippen molar-refractivity contribution in [1.29, 1.82) is 0 Å². The Balaban J connectivity index is 1.62. The summed E-state index contributed by atoms with van der Waals surface area (Å²) in [6, 6.07) is 25.3. The van der Waals surface area contributed by atoms with Crippen LogP contribution in [0.2, 0.25) is 0 Å². The van der Waals surface area contributed by atoms with E-state index in [0.717, 1.165) is 11.4 Å². The van der Waals surface area contributed by atoms with Gasteiger partial charge in [-0.05, 0) is 61.4 Å². The van der Waals surface area contributed by atoms with Crippen LogP contribution < -0.4 is 10.2 Å². The summed E-state index contributed by atoms with van der Waals surface area (Å²) in [6.45, 7) is 0. The minimum atomic E-state index is -0.485. The van der Waals surface area contributed by atoms with E-state index in [1.165, 1.54) is 12.1 Å². The monoisotopic (exact) mass is 412 g/mol. The van der Waals surface area contributed by atoms with Crippen molar-refractivity contribution in [3.63, 3.8) is 0 Å². The van der Waals surface area contributed by atoms with Crippen LogP contribution in [0.3, 0.4) is 0 Å². The SMILES string of the molecule is O=C(Nc1ccc(O)cc1)C1CC=CCC1C(=O)N(c1ccccc1)c1ccccc1. The standard InChI is InChI=1S/C26H24N2O3/c29-22-17-15-19(16-18-22)27-25(30)23-13-7-8-14-24(23)26(31)28(20-9-3-1-4-10-20)21-11-5-2-6-12-21/h1-12,15-18,23-24,29H,13-14H2,(H,27,30). The number of amides is 2. The zero-order chi connectivity index (χ0) is 21.6. The van der Waals surface area contributed by atoms with Crippen molar-refractivity contribution in [3.05, 3.63) is 97.1 Å². The van der Waals surface area contributed by atoms with Crippen molar-refractivity contribution >= 4 is 28.9 Å². The Hall–Kier alpha value is -3.86. The minimum Gasteiger partial charge on any atom is -0.508 e. The third kappa shape index (κ3) is 4.67. The summed E-state index contributed by atoms with van der Waals surface area (Å²) in [6.07, 6.45) is 4.93. The summed E-state index contributed by atoms with van der Waals surface area (Å²) in [5.41, 5.74) is 2.13. The molecule has 31 heavy (non-hydrogen) atoms. The summed E-state index contributed by atoms with van der Waals surface area (Å²) in [5, 5.41) is 12.3. The van der Waals surface area contributed by atoms with Gasteiger partial charge in [0.1, 0.15) is 5.75 Å². The highest BCUT2D eigenvalue weighted by Gasteiger charge is 2.37. The summed E-state index contributed by atoms with van der Waals surface area (Å²) in [7, 11) is 0. The Morgan fingerprint density at radius 2 is 1.26 bits per heavy atom. The summed E-state index contributed by atoms with van der Waals surface area (Å²) >= 11 is 0. The molecule has 0 spiro atoms. The number of hydrogen-bond donors (Lipinski definition) is 2. The molecule has 2 amide bonds. The maximum atomic E-state index is 13.8. The number of nitrogens with one attached hydrogen (secondary N) is 1. The summed E-state index contributed by atoms with van der Waals surface area (Å²) in [4.78, 5) is 28.6. The van der Waals surface area contributed by atoms with Gasteiger partial charge in [0.25, 0.3) is 0 Å². The molecule has 0 bridgehead atoms. The Labute approximate surface area is 181 Å². The lowest BCUT2D eigenvalue weighted by atomic mass is 9.81. The highest BCUT2D eigenvalue weighted by atomic mass is 16.3. The van der Waals surface area contributed by atoms with Crippen LogP contribution in [0.1, 0.15) is 12.8 Å². The van der Waals surface area contributed by atoms with Gasteiger partial charge in [-0.3, -0.25) is 14.5 Å². The molecule has 0 fully saturated rings. The van der Waals surface area contributed by atoms with E-state index in [-0.39, 0.29) is 17.6 Å². The van der Waals surface area contributed by atoms with Crippen LogP contribution in [-0.4, -0.2) is 16.9 Å². The van der Waals surface area contributed by atoms with Crippen molar-refractivity contribution in [2.24, 2.45) is 11.8 Å². The number of hydrogen-bond acceptors (Lipinski definition) is 3. The summed E-state index contributed by atoms with van der Waals surface area (Å²) in [5.74, 6) is -1.14. The fourth-order valence-electron chi connectivity index (χ4n) is 3.88. The van der Waals surface area contributed by atoms with Gasteiger partial charge >= 0.3 is 0 Å². The van der Waals surface area contributed by atoms with E-state index in [0.29, 0.717) is 18.5 Å². The van der Waals surface area contributed by atoms with Gasteiger partial charge in [0.2, 0.25) is 11.8 Å². The normalized spacial score (nSPS) is 17.7. The first kappa shape index (κ1) is 20.4. The van der Waals surface area contributed by atoms with Gasteiger partial charge in [-0.2, -0.15) is 0 Å². The fourth-order valence-corrected chi connectivity index (χ4v) is 3.88. The first-order chi connectivity index (χ1) is 15.1. The van der Waals surface area contributed by atoms with Gasteiger partial charge in [-0.1, -0.05) is 48.6 Å². The van der Waals surface area contributed by atoms with E-state index >= 15 is 0 Å². The van der Waals surface area contributed by atoms with E-state index in [2.05, 4.69) is 5.32 Å². The first-order valence-electron chi connectivity index (χ1n) is 10.3. The number of benzene rings is 3. The molecule has 0 heterocycles. The van der Waals surface area contributed by atoms with Crippen LogP contribution in [-0.2, 0) is 9.59 Å². The Morgan fingerprint density at radius 3 is 1.81 bits per heavy atom. The van der Waals surface area contributed by atoms with Crippen molar-refractivity contribution in [2.45, 2.75) is 12.8 Å². The molecule has 4 rings (SSSR count). The number of aromatic hydroxyl groups is 1. The largest absolute Gasteiger partial charge is 0.508 e. The third-order valence-electron chi connectivity index (χ3n) is 5.47. The number of anilines is 3. The number of carbonyl (C=O) groups excluding carboxylic acids is 2. The van der Waals surface area contributed by atoms with Gasteiger partial charge < -0.3 is 10.4 Å². The van der Waals surface area contributed by atoms with Crippen molar-refractivity contribution in [3.8, 4) is 5.75 Å². The number of nitrogens with zero attached hydrogens (tertiary/aromatic N) is 1. The van der Waals surface area contributed by atoms with Gasteiger partial charge in [0.05, 0.1) is 11.8 Å². The van der Waals surface area contributed by atoms with E-state index in [1.54, 1.807) is 17.0 Å². The van der Waals surface area contributed by atoms with Crippen molar-refractivity contribution in [1.82, 2.24) is 0 Å². The number of carbonyl (C=O) groups is 2. The predicted octanol–water partition coefficient (Wildman–Crippen LogP) is 5.28. The summed E-state index contributed by atoms with van der Waals surface area (Å²) < 4.78 is 0. The molecule has 5 nitrogen and oxygen atoms in total. The van der Waals surface area contributed by atoms with Gasteiger partial charge in [-0.25, -0.2) is 0 Å². The zero-order valence-corrected chi connectivity index (χ0v) is 17.0. The topological polar surface area (TPSA) is 69.6 Å². The van der Waals surface area contributed by atoms with E-state index in [1.807, 2.05) is 72.8 Å². The molecule has 0 aromatic heterocycles. The second kappa shape index (κ2) is 9.30. The minimum absolute atomic E-state index is 0.104. The maximum absolute atomic E-state index is 13.8. The number of allylic oxidation sites excluding steroid dienone is 2. The van der Waals surface area contributed by atoms with Crippen molar-refractivity contribution in [2.75, 3.05) is 10.2 Å². The molecule has 1 aliphatic rings. The molecule has 3 aromatic rings. The van der Waals surface area contributed by atoms with E-state index in [4.69, 9.17) is 0 Å². The predicted molar refractivity (Wildman–Crippen MR) is 122 cm³/mol. The van der Waals surface area contributed by atoms with Crippen LogP contribution in [0.5, 0.6) is 5.75 Å². The number of para-hydroxylation sites is 2. The molecule has 1 aliphatic carbocycles. The van der Waals surface area contributed by atoms with Crippen LogP contribution in [0.25, 0.3) is 0 Å². The Bertz CT molecular complexity index is 1020. The highest BCUT2D eigenvalue weighted by molar-refractivity contribution is 6.05. The molecular weight excluding hydrogens is 388 g/mol. The van der Waals surface area contributed by atoms with Gasteiger partial charge in [-0.15, -0.1) is 0 Å². The van der Waals surface area contributed by atoms with Gasteiger partial charge in [0.15, 0.2) is 0 Å². The molecule has 5 heteroatoms. The smallest absolute Gasteiger partial charge is 0.235 e. The molecule has 2 atom stereocenters. The third-order valence-corrected chi connectivity index (χ3v) is 5.47. The highest BCUT2D eigenvalue weighted by Crippen LogP contribution is 2.34. The number of phenolic OH excluding ortho intramolecular Hbond substituents is 1. The van der Waals surface area contributed by atoms with Crippen LogP contribution in [0.15, 0.2) is 97.1 Å². The fraction of sp³-hybridized carbons (Fsp3) is 0.154. The van der Waals surface area contributed by atoms with Crippen molar-refractivity contribution < 1.29 is 14.7 Å².